The van der Waals surface area contributed by atoms with Gasteiger partial charge in [0.1, 0.15) is 11.5 Å². The molecule has 0 saturated heterocycles. The van der Waals surface area contributed by atoms with Gasteiger partial charge in [-0.25, -0.2) is 0 Å². The first-order chi connectivity index (χ1) is 13.4. The molecular formula is C22H21NO4S. The SMILES string of the molecule is Cc1cccc(CS(=O)(=O)Oc2cccc(C(=O)NCc3ccccc3)c2)c1. The third kappa shape index (κ3) is 5.69. The summed E-state index contributed by atoms with van der Waals surface area (Å²) in [5.41, 5.74) is 2.93. The molecule has 1 N–H and O–H groups in total. The fraction of sp³-hybridized carbons (Fsp3) is 0.136. The van der Waals surface area contributed by atoms with Crippen LogP contribution in [0.1, 0.15) is 27.0 Å². The van der Waals surface area contributed by atoms with Gasteiger partial charge in [-0.05, 0) is 36.2 Å². The molecule has 0 heterocycles. The lowest BCUT2D eigenvalue weighted by Gasteiger charge is -2.10. The smallest absolute Gasteiger partial charge is 0.313 e. The minimum atomic E-state index is -3.83. The molecule has 0 bridgehead atoms. The van der Waals surface area contributed by atoms with Crippen LogP contribution in [0.25, 0.3) is 0 Å². The first-order valence-corrected chi connectivity index (χ1v) is 10.4. The van der Waals surface area contributed by atoms with Crippen molar-refractivity contribution in [2.75, 3.05) is 0 Å². The fourth-order valence-corrected chi connectivity index (χ4v) is 3.80. The van der Waals surface area contributed by atoms with Crippen LogP contribution in [0.4, 0.5) is 0 Å². The van der Waals surface area contributed by atoms with Gasteiger partial charge in [-0.1, -0.05) is 66.2 Å². The maximum atomic E-state index is 12.3. The molecular weight excluding hydrogens is 374 g/mol. The Morgan fingerprint density at radius 3 is 2.36 bits per heavy atom. The van der Waals surface area contributed by atoms with Crippen molar-refractivity contribution in [1.82, 2.24) is 5.32 Å². The summed E-state index contributed by atoms with van der Waals surface area (Å²) >= 11 is 0. The minimum absolute atomic E-state index is 0.111. The van der Waals surface area contributed by atoms with Crippen molar-refractivity contribution in [1.29, 1.82) is 0 Å². The summed E-state index contributed by atoms with van der Waals surface area (Å²) < 4.78 is 29.9. The third-order valence-corrected chi connectivity index (χ3v) is 5.17. The van der Waals surface area contributed by atoms with Gasteiger partial charge in [-0.2, -0.15) is 8.42 Å². The molecule has 0 radical (unpaired) electrons. The van der Waals surface area contributed by atoms with E-state index < -0.39 is 10.1 Å². The summed E-state index contributed by atoms with van der Waals surface area (Å²) in [6.45, 7) is 2.28. The number of hydrogen-bond donors (Lipinski definition) is 1. The Balaban J connectivity index is 1.66. The number of rotatable bonds is 7. The normalized spacial score (nSPS) is 11.0. The molecule has 0 aromatic heterocycles. The Kier molecular flexibility index (Phi) is 6.11. The lowest BCUT2D eigenvalue weighted by Crippen LogP contribution is -2.22. The zero-order valence-electron chi connectivity index (χ0n) is 15.5. The van der Waals surface area contributed by atoms with Gasteiger partial charge in [0.05, 0.1) is 0 Å². The van der Waals surface area contributed by atoms with E-state index in [1.807, 2.05) is 43.3 Å². The Labute approximate surface area is 165 Å². The molecule has 6 heteroatoms. The lowest BCUT2D eigenvalue weighted by atomic mass is 10.2. The van der Waals surface area contributed by atoms with Crippen LogP contribution in [0.5, 0.6) is 5.75 Å². The van der Waals surface area contributed by atoms with E-state index in [1.165, 1.54) is 12.1 Å². The van der Waals surface area contributed by atoms with Gasteiger partial charge in [0.2, 0.25) is 0 Å². The highest BCUT2D eigenvalue weighted by atomic mass is 32.2. The average molecular weight is 395 g/mol. The number of benzene rings is 3. The van der Waals surface area contributed by atoms with Crippen molar-refractivity contribution >= 4 is 16.0 Å². The highest BCUT2D eigenvalue weighted by Gasteiger charge is 2.15. The quantitative estimate of drug-likeness (QED) is 0.617. The molecule has 3 rings (SSSR count). The topological polar surface area (TPSA) is 72.5 Å². The summed E-state index contributed by atoms with van der Waals surface area (Å²) in [6, 6.07) is 22.9. The average Bonchev–Trinajstić information content (AvgIpc) is 2.66. The largest absolute Gasteiger partial charge is 0.382 e. The number of aryl methyl sites for hydroxylation is 1. The highest BCUT2D eigenvalue weighted by molar-refractivity contribution is 7.86. The van der Waals surface area contributed by atoms with Crippen molar-refractivity contribution in [2.45, 2.75) is 19.2 Å². The van der Waals surface area contributed by atoms with Crippen molar-refractivity contribution in [3.8, 4) is 5.75 Å². The van der Waals surface area contributed by atoms with Crippen molar-refractivity contribution in [2.24, 2.45) is 0 Å². The van der Waals surface area contributed by atoms with E-state index in [4.69, 9.17) is 4.18 Å². The lowest BCUT2D eigenvalue weighted by molar-refractivity contribution is 0.0950. The Morgan fingerprint density at radius 1 is 0.893 bits per heavy atom. The van der Waals surface area contributed by atoms with Gasteiger partial charge in [-0.15, -0.1) is 0 Å². The van der Waals surface area contributed by atoms with E-state index in [1.54, 1.807) is 30.3 Å². The number of hydrogen-bond acceptors (Lipinski definition) is 4. The molecule has 0 unspecified atom stereocenters. The molecule has 1 amide bonds. The third-order valence-electron chi connectivity index (χ3n) is 4.04. The van der Waals surface area contributed by atoms with Gasteiger partial charge in [0, 0.05) is 12.1 Å². The summed E-state index contributed by atoms with van der Waals surface area (Å²) in [4.78, 5) is 12.3. The Bertz CT molecular complexity index is 1060. The zero-order chi connectivity index (χ0) is 20.0. The van der Waals surface area contributed by atoms with Gasteiger partial charge in [0.25, 0.3) is 5.91 Å². The number of carbonyl (C=O) groups is 1. The second-order valence-corrected chi connectivity index (χ2v) is 8.04. The molecule has 3 aromatic rings. The molecule has 0 atom stereocenters. The molecule has 0 saturated carbocycles. The van der Waals surface area contributed by atoms with Gasteiger partial charge >= 0.3 is 10.1 Å². The minimum Gasteiger partial charge on any atom is -0.382 e. The summed E-state index contributed by atoms with van der Waals surface area (Å²) in [6.07, 6.45) is 0. The number of amides is 1. The summed E-state index contributed by atoms with van der Waals surface area (Å²) in [5.74, 6) is -0.426. The molecule has 0 spiro atoms. The second kappa shape index (κ2) is 8.71. The highest BCUT2D eigenvalue weighted by Crippen LogP contribution is 2.18. The first-order valence-electron chi connectivity index (χ1n) is 8.81. The van der Waals surface area contributed by atoms with Crippen LogP contribution in [-0.4, -0.2) is 14.3 Å². The van der Waals surface area contributed by atoms with Crippen molar-refractivity contribution < 1.29 is 17.4 Å². The van der Waals surface area contributed by atoms with E-state index in [-0.39, 0.29) is 17.4 Å². The van der Waals surface area contributed by atoms with Crippen LogP contribution in [0.15, 0.2) is 78.9 Å². The van der Waals surface area contributed by atoms with Crippen LogP contribution in [0.3, 0.4) is 0 Å². The predicted molar refractivity (Wildman–Crippen MR) is 108 cm³/mol. The van der Waals surface area contributed by atoms with E-state index in [9.17, 15) is 13.2 Å². The van der Waals surface area contributed by atoms with Crippen LogP contribution >= 0.6 is 0 Å². The Hall–Kier alpha value is -3.12. The van der Waals surface area contributed by atoms with Gasteiger partial charge in [0.15, 0.2) is 0 Å². The molecule has 3 aromatic carbocycles. The van der Waals surface area contributed by atoms with E-state index >= 15 is 0 Å². The maximum Gasteiger partial charge on any atom is 0.313 e. The Morgan fingerprint density at radius 2 is 1.61 bits per heavy atom. The summed E-state index contributed by atoms with van der Waals surface area (Å²) in [7, 11) is -3.83. The van der Waals surface area contributed by atoms with Crippen LogP contribution in [0.2, 0.25) is 0 Å². The van der Waals surface area contributed by atoms with E-state index in [0.717, 1.165) is 11.1 Å². The second-order valence-electron chi connectivity index (χ2n) is 6.47. The maximum absolute atomic E-state index is 12.3. The first kappa shape index (κ1) is 19.6. The molecule has 0 aliphatic carbocycles. The standard InChI is InChI=1S/C22H21NO4S/c1-17-7-5-10-19(13-17)16-28(25,26)27-21-12-6-11-20(14-21)22(24)23-15-18-8-3-2-4-9-18/h2-14H,15-16H2,1H3,(H,23,24). The summed E-state index contributed by atoms with van der Waals surface area (Å²) in [5, 5.41) is 2.81. The van der Waals surface area contributed by atoms with Crippen LogP contribution in [0, 0.1) is 6.92 Å². The zero-order valence-corrected chi connectivity index (χ0v) is 16.3. The predicted octanol–water partition coefficient (Wildman–Crippen LogP) is 3.83. The molecule has 0 aliphatic rings. The molecule has 0 fully saturated rings. The fourth-order valence-electron chi connectivity index (χ4n) is 2.75. The number of nitrogens with one attached hydrogen (secondary N) is 1. The molecule has 5 nitrogen and oxygen atoms in total. The van der Waals surface area contributed by atoms with Crippen molar-refractivity contribution in [3.63, 3.8) is 0 Å². The molecule has 28 heavy (non-hydrogen) atoms. The van der Waals surface area contributed by atoms with E-state index in [2.05, 4.69) is 5.32 Å². The number of carbonyl (C=O) groups excluding carboxylic acids is 1. The van der Waals surface area contributed by atoms with Crippen LogP contribution < -0.4 is 9.50 Å². The van der Waals surface area contributed by atoms with Crippen molar-refractivity contribution in [3.05, 3.63) is 101 Å². The van der Waals surface area contributed by atoms with Gasteiger partial charge < -0.3 is 9.50 Å². The molecule has 0 aliphatic heterocycles. The molecule has 144 valence electrons. The van der Waals surface area contributed by atoms with Crippen LogP contribution in [-0.2, 0) is 22.4 Å². The van der Waals surface area contributed by atoms with E-state index in [0.29, 0.717) is 17.7 Å². The monoisotopic (exact) mass is 395 g/mol. The van der Waals surface area contributed by atoms with Gasteiger partial charge in [-0.3, -0.25) is 4.79 Å².